The standard InChI is InChI=1S/C12H24O/c1-4-7-8-10-11(9-5-2)12(13)6-3/h7-8,11-13H,4-6,9-10H2,1-3H3/b8-7+. The molecule has 0 aromatic carbocycles. The molecule has 0 heterocycles. The Kier molecular flexibility index (Phi) is 8.11. The lowest BCUT2D eigenvalue weighted by molar-refractivity contribution is 0.0993. The molecular weight excluding hydrogens is 160 g/mol. The Morgan fingerprint density at radius 3 is 2.31 bits per heavy atom. The molecule has 13 heavy (non-hydrogen) atoms. The highest BCUT2D eigenvalue weighted by Crippen LogP contribution is 2.18. The van der Waals surface area contributed by atoms with Crippen LogP contribution in [0.5, 0.6) is 0 Å². The second-order valence-electron chi connectivity index (χ2n) is 3.64. The van der Waals surface area contributed by atoms with Crippen molar-refractivity contribution in [2.75, 3.05) is 0 Å². The predicted molar refractivity (Wildman–Crippen MR) is 58.7 cm³/mol. The molecule has 2 atom stereocenters. The first-order chi connectivity index (χ1) is 6.26. The van der Waals surface area contributed by atoms with Gasteiger partial charge in [0.2, 0.25) is 0 Å². The lowest BCUT2D eigenvalue weighted by atomic mass is 9.92. The number of rotatable bonds is 7. The lowest BCUT2D eigenvalue weighted by Crippen LogP contribution is -2.18. The summed E-state index contributed by atoms with van der Waals surface area (Å²) in [6.45, 7) is 6.37. The van der Waals surface area contributed by atoms with E-state index >= 15 is 0 Å². The quantitative estimate of drug-likeness (QED) is 0.600. The summed E-state index contributed by atoms with van der Waals surface area (Å²) in [6, 6.07) is 0. The summed E-state index contributed by atoms with van der Waals surface area (Å²) in [6.07, 6.45) is 9.61. The van der Waals surface area contributed by atoms with Crippen LogP contribution >= 0.6 is 0 Å². The minimum absolute atomic E-state index is 0.110. The average molecular weight is 184 g/mol. The van der Waals surface area contributed by atoms with Crippen molar-refractivity contribution in [2.45, 2.75) is 59.0 Å². The van der Waals surface area contributed by atoms with Gasteiger partial charge in [-0.25, -0.2) is 0 Å². The third-order valence-electron chi connectivity index (χ3n) is 2.46. The Morgan fingerprint density at radius 2 is 1.85 bits per heavy atom. The molecule has 0 rings (SSSR count). The Labute approximate surface area is 82.9 Å². The van der Waals surface area contributed by atoms with E-state index in [0.717, 1.165) is 25.7 Å². The summed E-state index contributed by atoms with van der Waals surface area (Å²) >= 11 is 0. The second kappa shape index (κ2) is 8.31. The van der Waals surface area contributed by atoms with E-state index in [1.807, 2.05) is 0 Å². The Morgan fingerprint density at radius 1 is 1.15 bits per heavy atom. The zero-order chi connectivity index (χ0) is 10.1. The minimum Gasteiger partial charge on any atom is -0.393 e. The molecule has 0 saturated heterocycles. The minimum atomic E-state index is -0.110. The third-order valence-corrected chi connectivity index (χ3v) is 2.46. The zero-order valence-corrected chi connectivity index (χ0v) is 9.29. The van der Waals surface area contributed by atoms with Crippen molar-refractivity contribution in [3.63, 3.8) is 0 Å². The number of allylic oxidation sites excluding steroid dienone is 2. The first-order valence-electron chi connectivity index (χ1n) is 5.59. The molecule has 1 nitrogen and oxygen atoms in total. The van der Waals surface area contributed by atoms with Gasteiger partial charge in [0, 0.05) is 0 Å². The molecule has 0 spiro atoms. The highest BCUT2D eigenvalue weighted by Gasteiger charge is 2.14. The number of aliphatic hydroxyl groups is 1. The van der Waals surface area contributed by atoms with Gasteiger partial charge in [0.25, 0.3) is 0 Å². The molecule has 78 valence electrons. The summed E-state index contributed by atoms with van der Waals surface area (Å²) in [5.41, 5.74) is 0. The van der Waals surface area contributed by atoms with Crippen LogP contribution in [0.2, 0.25) is 0 Å². The van der Waals surface area contributed by atoms with Crippen LogP contribution in [-0.4, -0.2) is 11.2 Å². The van der Waals surface area contributed by atoms with E-state index in [0.29, 0.717) is 5.92 Å². The van der Waals surface area contributed by atoms with E-state index in [1.54, 1.807) is 0 Å². The van der Waals surface area contributed by atoms with Crippen molar-refractivity contribution < 1.29 is 5.11 Å². The molecule has 0 aliphatic rings. The second-order valence-corrected chi connectivity index (χ2v) is 3.64. The van der Waals surface area contributed by atoms with Gasteiger partial charge in [0.05, 0.1) is 6.10 Å². The van der Waals surface area contributed by atoms with Crippen molar-refractivity contribution in [1.29, 1.82) is 0 Å². The van der Waals surface area contributed by atoms with Crippen molar-refractivity contribution in [3.05, 3.63) is 12.2 Å². The van der Waals surface area contributed by atoms with E-state index < -0.39 is 0 Å². The number of aliphatic hydroxyl groups excluding tert-OH is 1. The molecule has 0 bridgehead atoms. The fourth-order valence-electron chi connectivity index (χ4n) is 1.61. The van der Waals surface area contributed by atoms with Crippen LogP contribution in [0.3, 0.4) is 0 Å². The number of hydrogen-bond acceptors (Lipinski definition) is 1. The van der Waals surface area contributed by atoms with Crippen LogP contribution in [0.25, 0.3) is 0 Å². The highest BCUT2D eigenvalue weighted by molar-refractivity contribution is 4.84. The lowest BCUT2D eigenvalue weighted by Gasteiger charge is -2.19. The predicted octanol–water partition coefficient (Wildman–Crippen LogP) is 3.53. The topological polar surface area (TPSA) is 20.2 Å². The number of hydrogen-bond donors (Lipinski definition) is 1. The van der Waals surface area contributed by atoms with Crippen molar-refractivity contribution >= 4 is 0 Å². The molecule has 1 N–H and O–H groups in total. The molecule has 0 aliphatic carbocycles. The van der Waals surface area contributed by atoms with E-state index in [2.05, 4.69) is 32.9 Å². The van der Waals surface area contributed by atoms with Crippen LogP contribution in [0.1, 0.15) is 52.9 Å². The summed E-state index contributed by atoms with van der Waals surface area (Å²) in [5, 5.41) is 9.71. The molecule has 2 unspecified atom stereocenters. The normalized spacial score (nSPS) is 16.3. The molecular formula is C12H24O. The van der Waals surface area contributed by atoms with Gasteiger partial charge in [0.1, 0.15) is 0 Å². The molecule has 0 amide bonds. The molecule has 0 saturated carbocycles. The van der Waals surface area contributed by atoms with Crippen LogP contribution in [0.15, 0.2) is 12.2 Å². The van der Waals surface area contributed by atoms with E-state index in [-0.39, 0.29) is 6.10 Å². The first kappa shape index (κ1) is 12.7. The SMILES string of the molecule is CC/C=C/CC(CCC)C(O)CC. The summed E-state index contributed by atoms with van der Waals surface area (Å²) in [4.78, 5) is 0. The van der Waals surface area contributed by atoms with Gasteiger partial charge in [-0.1, -0.05) is 39.3 Å². The molecule has 0 radical (unpaired) electrons. The van der Waals surface area contributed by atoms with Crippen LogP contribution in [0, 0.1) is 5.92 Å². The average Bonchev–Trinajstić information content (AvgIpc) is 2.16. The molecule has 0 aromatic heterocycles. The van der Waals surface area contributed by atoms with E-state index in [9.17, 15) is 5.11 Å². The van der Waals surface area contributed by atoms with Crippen LogP contribution in [0.4, 0.5) is 0 Å². The van der Waals surface area contributed by atoms with Gasteiger partial charge in [-0.2, -0.15) is 0 Å². The van der Waals surface area contributed by atoms with Gasteiger partial charge in [-0.15, -0.1) is 0 Å². The van der Waals surface area contributed by atoms with Crippen molar-refractivity contribution in [1.82, 2.24) is 0 Å². The summed E-state index contributed by atoms with van der Waals surface area (Å²) in [7, 11) is 0. The smallest absolute Gasteiger partial charge is 0.0568 e. The van der Waals surface area contributed by atoms with Gasteiger partial charge >= 0.3 is 0 Å². The summed E-state index contributed by atoms with van der Waals surface area (Å²) < 4.78 is 0. The highest BCUT2D eigenvalue weighted by atomic mass is 16.3. The van der Waals surface area contributed by atoms with E-state index in [1.165, 1.54) is 6.42 Å². The Hall–Kier alpha value is -0.300. The van der Waals surface area contributed by atoms with Gasteiger partial charge in [0.15, 0.2) is 0 Å². The molecule has 1 heteroatoms. The van der Waals surface area contributed by atoms with Crippen molar-refractivity contribution in [2.24, 2.45) is 5.92 Å². The molecule has 0 aromatic rings. The van der Waals surface area contributed by atoms with Gasteiger partial charge in [-0.3, -0.25) is 0 Å². The van der Waals surface area contributed by atoms with E-state index in [4.69, 9.17) is 0 Å². The maximum Gasteiger partial charge on any atom is 0.0568 e. The van der Waals surface area contributed by atoms with Gasteiger partial charge in [-0.05, 0) is 31.6 Å². The monoisotopic (exact) mass is 184 g/mol. The largest absolute Gasteiger partial charge is 0.393 e. The van der Waals surface area contributed by atoms with Crippen LogP contribution in [-0.2, 0) is 0 Å². The van der Waals surface area contributed by atoms with Gasteiger partial charge < -0.3 is 5.11 Å². The van der Waals surface area contributed by atoms with Crippen molar-refractivity contribution in [3.8, 4) is 0 Å². The molecule has 0 aliphatic heterocycles. The fraction of sp³-hybridized carbons (Fsp3) is 0.833. The van der Waals surface area contributed by atoms with Crippen LogP contribution < -0.4 is 0 Å². The zero-order valence-electron chi connectivity index (χ0n) is 9.29. The molecule has 0 fully saturated rings. The third kappa shape index (κ3) is 5.87. The fourth-order valence-corrected chi connectivity index (χ4v) is 1.61. The Balaban J connectivity index is 3.85. The Bertz CT molecular complexity index is 129. The maximum atomic E-state index is 9.71. The maximum absolute atomic E-state index is 9.71. The summed E-state index contributed by atoms with van der Waals surface area (Å²) in [5.74, 6) is 0.470. The first-order valence-corrected chi connectivity index (χ1v) is 5.59.